The Morgan fingerprint density at radius 1 is 1.18 bits per heavy atom. The molecule has 2 aliphatic rings. The second-order valence-electron chi connectivity index (χ2n) is 8.38. The fourth-order valence-electron chi connectivity index (χ4n) is 3.78. The van der Waals surface area contributed by atoms with Gasteiger partial charge in [0, 0.05) is 0 Å². The highest BCUT2D eigenvalue weighted by Crippen LogP contribution is 2.37. The van der Waals surface area contributed by atoms with E-state index in [1.807, 2.05) is 36.6 Å². The normalized spacial score (nSPS) is 21.9. The Hall–Kier alpha value is -2.93. The first kappa shape index (κ1) is 24.7. The lowest BCUT2D eigenvalue weighted by molar-refractivity contribution is -0.171. The van der Waals surface area contributed by atoms with Crippen molar-refractivity contribution in [3.8, 4) is 0 Å². The average Bonchev–Trinajstić information content (AvgIpc) is 3.74. The van der Waals surface area contributed by atoms with E-state index in [4.69, 9.17) is 14.2 Å². The van der Waals surface area contributed by atoms with Crippen LogP contribution in [0.1, 0.15) is 51.1 Å². The molecule has 0 aromatic heterocycles. The minimum absolute atomic E-state index is 0.160. The van der Waals surface area contributed by atoms with Crippen LogP contribution < -0.4 is 0 Å². The van der Waals surface area contributed by atoms with Crippen molar-refractivity contribution in [2.75, 3.05) is 26.4 Å². The van der Waals surface area contributed by atoms with Crippen LogP contribution in [0.5, 0.6) is 0 Å². The first-order valence-corrected chi connectivity index (χ1v) is 11.6. The van der Waals surface area contributed by atoms with E-state index in [1.165, 1.54) is 5.56 Å². The maximum Gasteiger partial charge on any atom is 0.324 e. The third kappa shape index (κ3) is 6.32. The summed E-state index contributed by atoms with van der Waals surface area (Å²) in [5, 5.41) is 6.66. The van der Waals surface area contributed by atoms with Crippen molar-refractivity contribution in [1.82, 2.24) is 5.01 Å². The van der Waals surface area contributed by atoms with Crippen LogP contribution >= 0.6 is 0 Å². The van der Waals surface area contributed by atoms with Crippen molar-refractivity contribution in [3.63, 3.8) is 0 Å². The highest BCUT2D eigenvalue weighted by atomic mass is 16.6. The smallest absolute Gasteiger partial charge is 0.324 e. The predicted molar refractivity (Wildman–Crippen MR) is 127 cm³/mol. The standard InChI is InChI=1S/C26H34N2O5/c1-4-15-26(23(29)31-5-2,24(30)32-6-3)17-12-8-11-16-25(20-33-25)19-27-28-18-22(28)21-13-9-7-10-14-21/h4,7-10,12-14,19,22H,1,5-6,11,15-18,20H2,2-3H3/b12-8+,27-19+. The molecule has 0 N–H and O–H groups in total. The number of carbonyl (C=O) groups is 2. The van der Waals surface area contributed by atoms with E-state index >= 15 is 0 Å². The van der Waals surface area contributed by atoms with E-state index in [1.54, 1.807) is 19.9 Å². The summed E-state index contributed by atoms with van der Waals surface area (Å²) in [5.74, 6) is -1.15. The van der Waals surface area contributed by atoms with Crippen molar-refractivity contribution >= 4 is 18.2 Å². The number of rotatable bonds is 14. The molecule has 2 heterocycles. The molecule has 2 saturated heterocycles. The molecule has 0 aliphatic carbocycles. The van der Waals surface area contributed by atoms with Crippen molar-refractivity contribution < 1.29 is 23.8 Å². The third-order valence-electron chi connectivity index (χ3n) is 5.92. The first-order valence-electron chi connectivity index (χ1n) is 11.6. The Morgan fingerprint density at radius 3 is 2.42 bits per heavy atom. The van der Waals surface area contributed by atoms with E-state index in [0.717, 1.165) is 19.4 Å². The lowest BCUT2D eigenvalue weighted by atomic mass is 9.80. The number of epoxide rings is 1. The molecule has 0 radical (unpaired) electrons. The molecule has 33 heavy (non-hydrogen) atoms. The molecular weight excluding hydrogens is 420 g/mol. The van der Waals surface area contributed by atoms with Crippen molar-refractivity contribution in [2.45, 2.75) is 51.2 Å². The van der Waals surface area contributed by atoms with E-state index in [0.29, 0.717) is 12.6 Å². The Morgan fingerprint density at radius 2 is 1.85 bits per heavy atom. The highest BCUT2D eigenvalue weighted by Gasteiger charge is 2.47. The van der Waals surface area contributed by atoms with Gasteiger partial charge in [-0.2, -0.15) is 5.10 Å². The van der Waals surface area contributed by atoms with Crippen LogP contribution in [0.3, 0.4) is 0 Å². The van der Waals surface area contributed by atoms with Gasteiger partial charge in [-0.15, -0.1) is 6.58 Å². The maximum absolute atomic E-state index is 12.6. The molecule has 178 valence electrons. The van der Waals surface area contributed by atoms with Gasteiger partial charge < -0.3 is 14.2 Å². The van der Waals surface area contributed by atoms with Crippen LogP contribution in [-0.4, -0.2) is 55.1 Å². The second-order valence-corrected chi connectivity index (χ2v) is 8.38. The Kier molecular flexibility index (Phi) is 8.44. The predicted octanol–water partition coefficient (Wildman–Crippen LogP) is 4.21. The quantitative estimate of drug-likeness (QED) is 0.138. The summed E-state index contributed by atoms with van der Waals surface area (Å²) in [5.41, 5.74) is -0.450. The topological polar surface area (TPSA) is 80.5 Å². The number of nitrogens with zero attached hydrogens (tertiary/aromatic N) is 2. The minimum atomic E-state index is -1.40. The lowest BCUT2D eigenvalue weighted by Crippen LogP contribution is -2.41. The largest absolute Gasteiger partial charge is 0.465 e. The monoisotopic (exact) mass is 454 g/mol. The molecule has 0 bridgehead atoms. The van der Waals surface area contributed by atoms with Crippen LogP contribution in [0.15, 0.2) is 60.2 Å². The Labute approximate surface area is 196 Å². The molecule has 0 amide bonds. The molecule has 0 spiro atoms. The summed E-state index contributed by atoms with van der Waals surface area (Å²) in [7, 11) is 0. The summed E-state index contributed by atoms with van der Waals surface area (Å²) in [4.78, 5) is 25.3. The van der Waals surface area contributed by atoms with Gasteiger partial charge in [-0.05, 0) is 45.1 Å². The number of esters is 2. The Balaban J connectivity index is 1.52. The van der Waals surface area contributed by atoms with Crippen molar-refractivity contribution in [3.05, 3.63) is 60.7 Å². The summed E-state index contributed by atoms with van der Waals surface area (Å²) >= 11 is 0. The summed E-state index contributed by atoms with van der Waals surface area (Å²) < 4.78 is 16.0. The molecule has 1 aromatic rings. The van der Waals surface area contributed by atoms with Crippen LogP contribution in [0.4, 0.5) is 0 Å². The molecule has 2 aliphatic heterocycles. The average molecular weight is 455 g/mol. The number of hydrazone groups is 1. The number of carbonyl (C=O) groups excluding carboxylic acids is 2. The van der Waals surface area contributed by atoms with Gasteiger partial charge in [0.15, 0.2) is 5.41 Å². The number of hydrogen-bond donors (Lipinski definition) is 0. The molecule has 1 aromatic carbocycles. The van der Waals surface area contributed by atoms with Crippen LogP contribution in [0.2, 0.25) is 0 Å². The number of ether oxygens (including phenoxy) is 3. The molecule has 7 heteroatoms. The first-order chi connectivity index (χ1) is 16.0. The van der Waals surface area contributed by atoms with Crippen LogP contribution in [0.25, 0.3) is 0 Å². The van der Waals surface area contributed by atoms with Gasteiger partial charge in [-0.3, -0.25) is 14.6 Å². The lowest BCUT2D eigenvalue weighted by Gasteiger charge is -2.27. The van der Waals surface area contributed by atoms with Gasteiger partial charge in [-0.1, -0.05) is 48.6 Å². The minimum Gasteiger partial charge on any atom is -0.465 e. The zero-order chi connectivity index (χ0) is 23.7. The highest BCUT2D eigenvalue weighted by molar-refractivity contribution is 6.00. The van der Waals surface area contributed by atoms with Gasteiger partial charge in [-0.25, -0.2) is 0 Å². The number of benzene rings is 1. The van der Waals surface area contributed by atoms with Gasteiger partial charge >= 0.3 is 11.9 Å². The van der Waals surface area contributed by atoms with Gasteiger partial charge in [0.2, 0.25) is 0 Å². The van der Waals surface area contributed by atoms with E-state index in [2.05, 4.69) is 28.8 Å². The Bertz CT molecular complexity index is 858. The van der Waals surface area contributed by atoms with E-state index in [-0.39, 0.29) is 31.7 Å². The molecule has 7 nitrogen and oxygen atoms in total. The fourth-order valence-corrected chi connectivity index (χ4v) is 3.78. The summed E-state index contributed by atoms with van der Waals surface area (Å²) in [6.07, 6.45) is 9.16. The molecular formula is C26H34N2O5. The molecule has 2 unspecified atom stereocenters. The SMILES string of the molecule is C=CCC(C/C=C/CCC1(/C=N/N2CC2c2ccccc2)CO1)(C(=O)OCC)C(=O)OCC. The fraction of sp³-hybridized carbons (Fsp3) is 0.500. The zero-order valence-electron chi connectivity index (χ0n) is 19.6. The zero-order valence-corrected chi connectivity index (χ0v) is 19.6. The number of hydrogen-bond acceptors (Lipinski definition) is 7. The summed E-state index contributed by atoms with van der Waals surface area (Å²) in [6, 6.07) is 10.7. The second kappa shape index (κ2) is 11.3. The third-order valence-corrected chi connectivity index (χ3v) is 5.92. The van der Waals surface area contributed by atoms with Gasteiger partial charge in [0.1, 0.15) is 5.60 Å². The maximum atomic E-state index is 12.6. The van der Waals surface area contributed by atoms with Crippen molar-refractivity contribution in [1.29, 1.82) is 0 Å². The number of allylic oxidation sites excluding steroid dienone is 3. The molecule has 3 rings (SSSR count). The van der Waals surface area contributed by atoms with Crippen LogP contribution in [-0.2, 0) is 23.8 Å². The van der Waals surface area contributed by atoms with Gasteiger partial charge in [0.05, 0.1) is 38.6 Å². The van der Waals surface area contributed by atoms with Gasteiger partial charge in [0.25, 0.3) is 0 Å². The molecule has 2 atom stereocenters. The van der Waals surface area contributed by atoms with E-state index in [9.17, 15) is 9.59 Å². The van der Waals surface area contributed by atoms with Crippen LogP contribution in [0, 0.1) is 5.41 Å². The molecule has 2 fully saturated rings. The molecule has 0 saturated carbocycles. The van der Waals surface area contributed by atoms with E-state index < -0.39 is 17.4 Å². The summed E-state index contributed by atoms with van der Waals surface area (Å²) in [6.45, 7) is 9.11. The van der Waals surface area contributed by atoms with Crippen molar-refractivity contribution in [2.24, 2.45) is 10.5 Å².